The molecule has 6 N–H and O–H groups in total. The summed E-state index contributed by atoms with van der Waals surface area (Å²) >= 11 is 0. The SMILES string of the molecule is C.C.C.C.C.C.C.C.CO.CO.CO[Si](C)(C)C.CO[Si](C)(C)C.C[SiH](C)O[SiH](C)C.C[SiH](C)O[SiH](C)C.C[SiH]C.C[SiH]C.C[SiH]C.C[SiH]C.C[SiH]C.C[SiH]C.C[Si](C)C.C[Si](C)C.C[Si](C)C.C[Si](C)C.C[Si](C)C.C[Si](C)C.O.O.[BiH3].[BiH3].[Bi].[Bi].[HH].[HH].[HH].[HH].[SbH3].[SbH3].[Sb].[Sb]. The molecule has 0 rings (SSSR count). The fourth-order valence-electron chi connectivity index (χ4n) is 1.09. The quantitative estimate of drug-likeness (QED) is 0.254. The van der Waals surface area contributed by atoms with Gasteiger partial charge in [0.25, 0.3) is 0 Å². The van der Waals surface area contributed by atoms with Gasteiger partial charge in [-0.15, -0.1) is 0 Å². The van der Waals surface area contributed by atoms with E-state index in [1.54, 1.807) is 14.2 Å². The van der Waals surface area contributed by atoms with Crippen LogP contribution in [0, 0.1) is 0 Å². The third kappa shape index (κ3) is 1570. The first-order chi connectivity index (χ1) is 32.3. The van der Waals surface area contributed by atoms with E-state index in [1.165, 1.54) is 0 Å². The molecule has 0 aromatic carbocycles. The Balaban J connectivity index is -0.00000000860. The van der Waals surface area contributed by atoms with Crippen LogP contribution in [0.1, 0.15) is 65.1 Å². The van der Waals surface area contributed by atoms with E-state index in [9.17, 15) is 0 Å². The molecule has 34 heteroatoms. The zero-order valence-corrected chi connectivity index (χ0v) is 117. The van der Waals surface area contributed by atoms with Crippen molar-refractivity contribution >= 4 is 365 Å². The van der Waals surface area contributed by atoms with Crippen LogP contribution in [0.5, 0.6) is 0 Å². The van der Waals surface area contributed by atoms with Gasteiger partial charge in [-0.05, 0) is 91.7 Å². The molecule has 90 heavy (non-hydrogen) atoms. The van der Waals surface area contributed by atoms with E-state index >= 15 is 0 Å². The van der Waals surface area contributed by atoms with Crippen LogP contribution in [0.3, 0.4) is 0 Å². The van der Waals surface area contributed by atoms with Crippen LogP contribution in [-0.4, -0.2) is 415 Å². The Morgan fingerprint density at radius 2 is 0.322 bits per heavy atom. The van der Waals surface area contributed by atoms with Crippen molar-refractivity contribution in [1.82, 2.24) is 0 Å². The van der Waals surface area contributed by atoms with Crippen LogP contribution < -0.4 is 0 Å². The molecule has 0 fully saturated rings. The first kappa shape index (κ1) is 239. The fraction of sp³-hybridized carbons (Fsp3) is 1.00. The maximum absolute atomic E-state index is 7.00. The molecule has 0 spiro atoms. The summed E-state index contributed by atoms with van der Waals surface area (Å²) in [5, 5.41) is 14.0. The summed E-state index contributed by atoms with van der Waals surface area (Å²) in [6.07, 6.45) is 0. The van der Waals surface area contributed by atoms with E-state index in [0.717, 1.165) is 71.3 Å². The molecule has 0 unspecified atom stereocenters. The van der Waals surface area contributed by atoms with Crippen LogP contribution in [0.25, 0.3) is 0 Å². The van der Waals surface area contributed by atoms with Gasteiger partial charge in [-0.1, -0.05) is 256 Å². The summed E-state index contributed by atoms with van der Waals surface area (Å²) in [5.74, 6) is 0. The molecule has 0 aliphatic rings. The normalized spacial score (nSPS) is 7.07. The van der Waals surface area contributed by atoms with Crippen molar-refractivity contribution in [1.29, 1.82) is 0 Å². The van der Waals surface area contributed by atoms with E-state index in [2.05, 4.69) is 288 Å². The molecule has 0 saturated carbocycles. The molecule has 0 saturated heterocycles. The van der Waals surface area contributed by atoms with Gasteiger partial charge in [0.2, 0.25) is 0 Å². The summed E-state index contributed by atoms with van der Waals surface area (Å²) in [5.41, 5.74) is 0. The number of rotatable bonds is 6. The van der Waals surface area contributed by atoms with Gasteiger partial charge in [-0.3, -0.25) is 0 Å². The average molecular weight is 2840 g/mol. The molecule has 24 radical (unpaired) electrons. The summed E-state index contributed by atoms with van der Waals surface area (Å²) < 4.78 is 21.2. The molecule has 0 heterocycles. The second kappa shape index (κ2) is 247. The third-order valence-corrected chi connectivity index (χ3v) is 13.5. The largest absolute Gasteiger partial charge is 0 e. The summed E-state index contributed by atoms with van der Waals surface area (Å²) in [6.45, 7) is 98.0. The van der Waals surface area contributed by atoms with E-state index in [-0.39, 0.29) is 331 Å². The minimum Gasteiger partial charge on any atom is 0 e. The molecule has 8 nitrogen and oxygen atoms in total. The average Bonchev–Trinajstić information content (AvgIpc) is 3.13. The van der Waals surface area contributed by atoms with Crippen molar-refractivity contribution in [3.8, 4) is 0 Å². The van der Waals surface area contributed by atoms with Gasteiger partial charge >= 0.3 is 101 Å². The Hall–Kier alpha value is 10.4. The van der Waals surface area contributed by atoms with Gasteiger partial charge in [0.1, 0.15) is 0 Å². The minimum absolute atomic E-state index is 0. The van der Waals surface area contributed by atoms with Gasteiger partial charge in [0, 0.05) is 245 Å². The number of aliphatic hydroxyl groups excluding tert-OH is 2. The van der Waals surface area contributed by atoms with Gasteiger partial charge in [-0.25, -0.2) is 0 Å². The second-order valence-corrected chi connectivity index (χ2v) is 66.3. The Kier molecular flexibility index (Phi) is 657. The Morgan fingerprint density at radius 3 is 0.322 bits per heavy atom. The molecule has 0 atom stereocenters. The third-order valence-electron chi connectivity index (χ3n) is 2.31. The fourth-order valence-corrected chi connectivity index (χ4v) is 9.80. The monoisotopic (exact) mass is 2840 g/mol. The van der Waals surface area contributed by atoms with Crippen LogP contribution in [-0.2, 0) is 17.1 Å². The van der Waals surface area contributed by atoms with E-state index in [4.69, 9.17) is 27.3 Å². The number of aliphatic hydroxyl groups is 2. The molecule has 596 valence electrons. The van der Waals surface area contributed by atoms with Crippen molar-refractivity contribution in [2.75, 3.05) is 28.4 Å². The maximum atomic E-state index is 7.00. The van der Waals surface area contributed by atoms with Gasteiger partial charge in [-0.2, -0.15) is 0 Å². The minimum atomic E-state index is -1.13. The summed E-state index contributed by atoms with van der Waals surface area (Å²) in [7, 11) is 5.83. The van der Waals surface area contributed by atoms with Crippen molar-refractivity contribution in [3.63, 3.8) is 0 Å². The van der Waals surface area contributed by atoms with Crippen molar-refractivity contribution in [2.45, 2.75) is 347 Å². The molecular weight excluding hydrogens is 2630 g/mol. The van der Waals surface area contributed by atoms with Crippen LogP contribution >= 0.6 is 0 Å². The zero-order valence-electron chi connectivity index (χ0n) is 65.9. The molecular formula is C56H212Bi4O8Sb4Si18. The smallest absolute Gasteiger partial charge is 0 e. The molecule has 0 amide bonds. The maximum Gasteiger partial charge on any atom is 0 e. The van der Waals surface area contributed by atoms with Crippen LogP contribution in [0.15, 0.2) is 0 Å². The van der Waals surface area contributed by atoms with E-state index in [0.29, 0.717) is 0 Å². The molecule has 0 aliphatic carbocycles. The Bertz CT molecular complexity index is 603. The Labute approximate surface area is 773 Å². The number of hydrogen-bond donors (Lipinski definition) is 2. The summed E-state index contributed by atoms with van der Waals surface area (Å²) in [6, 6.07) is 0. The van der Waals surface area contributed by atoms with Crippen molar-refractivity contribution < 1.29 is 44.0 Å². The Morgan fingerprint density at radius 1 is 0.289 bits per heavy atom. The van der Waals surface area contributed by atoms with E-state index in [1.807, 2.05) is 0 Å². The van der Waals surface area contributed by atoms with Gasteiger partial charge < -0.3 is 38.2 Å². The summed E-state index contributed by atoms with van der Waals surface area (Å²) in [4.78, 5) is 0. The first-order valence-corrected chi connectivity index (χ1v) is 76.4. The molecule has 0 aliphatic heterocycles. The first-order valence-electron chi connectivity index (χ1n) is 26.6. The van der Waals surface area contributed by atoms with Crippen LogP contribution in [0.4, 0.5) is 0 Å². The predicted molar refractivity (Wildman–Crippen MR) is 540 cm³/mol. The van der Waals surface area contributed by atoms with Crippen molar-refractivity contribution in [3.05, 3.63) is 0 Å². The topological polar surface area (TPSA) is 140 Å². The van der Waals surface area contributed by atoms with Gasteiger partial charge in [0.05, 0.1) is 0 Å². The zero-order chi connectivity index (χ0) is 63.8. The molecule has 0 aromatic rings. The molecule has 0 aromatic heterocycles. The second-order valence-electron chi connectivity index (χ2n) is 21.6. The van der Waals surface area contributed by atoms with Crippen LogP contribution in [0.2, 0.25) is 288 Å². The van der Waals surface area contributed by atoms with Gasteiger partial charge in [0.15, 0.2) is 52.8 Å². The molecule has 0 bridgehead atoms. The predicted octanol–water partition coefficient (Wildman–Crippen LogP) is 13.6. The standard InChI is InChI=1S/2C4H14OSi2.2C4H12OSi.6C3H9Si.6C2H7Si.2CH4O.8CH4.4Bi.2H2O.4Sb.4H2.12H/c2*1-6(2)5-7(3)4;2*1-5-6(2,3)4;6*1-4(2)3;6*1-3-2;2*1-2;;;;;;;;;;;;;;;;;;;;;;;;;;;;;;;;;;/h2*6-7H,1-4H3;2*1-4H3;6*1-3H3;6*3H,1-2H3;2*2H,1H3;8*1H4;;;;;2*1H2;;;;;4*1H;;;;;;;;;;;;. The van der Waals surface area contributed by atoms with E-state index < -0.39 is 52.8 Å². The van der Waals surface area contributed by atoms with Crippen molar-refractivity contribution in [2.24, 2.45) is 0 Å². The number of hydrogen-bond acceptors (Lipinski definition) is 6.